The Kier molecular flexibility index (Phi) is 11.1. The van der Waals surface area contributed by atoms with E-state index in [1.54, 1.807) is 7.05 Å². The second-order valence-electron chi connectivity index (χ2n) is 7.03. The molecule has 1 aliphatic carbocycles. The lowest BCUT2D eigenvalue weighted by atomic mass is 9.83. The topological polar surface area (TPSA) is 45.6 Å². The van der Waals surface area contributed by atoms with Crippen molar-refractivity contribution >= 4 is 29.9 Å². The minimum absolute atomic E-state index is 0. The quantitative estimate of drug-likeness (QED) is 0.233. The molecule has 7 heteroatoms. The third kappa shape index (κ3) is 8.29. The van der Waals surface area contributed by atoms with Gasteiger partial charge in [0.15, 0.2) is 5.96 Å². The molecular weight excluding hydrogens is 463 g/mol. The molecule has 2 N–H and O–H groups in total. The SMILES string of the molecule is CCOCCC1(CNC(=NC)NCCc2cc(F)cc(F)c2)CCCC1.I. The molecule has 0 spiro atoms. The molecule has 1 fully saturated rings. The Morgan fingerprint density at radius 3 is 2.41 bits per heavy atom. The molecule has 1 saturated carbocycles. The van der Waals surface area contributed by atoms with Gasteiger partial charge in [-0.2, -0.15) is 0 Å². The van der Waals surface area contributed by atoms with E-state index in [1.807, 2.05) is 6.92 Å². The normalized spacial score (nSPS) is 16.1. The van der Waals surface area contributed by atoms with Crippen LogP contribution >= 0.6 is 24.0 Å². The Morgan fingerprint density at radius 2 is 1.81 bits per heavy atom. The first kappa shape index (κ1) is 24.1. The van der Waals surface area contributed by atoms with E-state index < -0.39 is 11.6 Å². The maximum Gasteiger partial charge on any atom is 0.191 e. The zero-order valence-electron chi connectivity index (χ0n) is 16.3. The summed E-state index contributed by atoms with van der Waals surface area (Å²) in [5.41, 5.74) is 0.910. The lowest BCUT2D eigenvalue weighted by Gasteiger charge is -2.30. The largest absolute Gasteiger partial charge is 0.382 e. The van der Waals surface area contributed by atoms with Crippen molar-refractivity contribution in [1.29, 1.82) is 0 Å². The summed E-state index contributed by atoms with van der Waals surface area (Å²) in [6.07, 6.45) is 6.56. The van der Waals surface area contributed by atoms with Crippen molar-refractivity contribution < 1.29 is 13.5 Å². The van der Waals surface area contributed by atoms with Gasteiger partial charge in [-0.15, -0.1) is 24.0 Å². The van der Waals surface area contributed by atoms with E-state index in [2.05, 4.69) is 15.6 Å². The van der Waals surface area contributed by atoms with Gasteiger partial charge >= 0.3 is 0 Å². The van der Waals surface area contributed by atoms with Gasteiger partial charge in [0.05, 0.1) is 0 Å². The fraction of sp³-hybridized carbons (Fsp3) is 0.650. The number of aliphatic imine (C=N–C) groups is 1. The molecule has 0 unspecified atom stereocenters. The first-order valence-electron chi connectivity index (χ1n) is 9.54. The molecule has 0 aromatic heterocycles. The number of rotatable bonds is 9. The van der Waals surface area contributed by atoms with E-state index in [9.17, 15) is 8.78 Å². The lowest BCUT2D eigenvalue weighted by molar-refractivity contribution is 0.105. The lowest BCUT2D eigenvalue weighted by Crippen LogP contribution is -2.44. The maximum absolute atomic E-state index is 13.2. The van der Waals surface area contributed by atoms with Crippen LogP contribution in [0.3, 0.4) is 0 Å². The summed E-state index contributed by atoms with van der Waals surface area (Å²) in [5, 5.41) is 6.65. The van der Waals surface area contributed by atoms with Crippen LogP contribution in [-0.2, 0) is 11.2 Å². The van der Waals surface area contributed by atoms with Crippen LogP contribution in [0.15, 0.2) is 23.2 Å². The summed E-state index contributed by atoms with van der Waals surface area (Å²) in [7, 11) is 1.73. The first-order valence-corrected chi connectivity index (χ1v) is 9.54. The van der Waals surface area contributed by atoms with E-state index in [-0.39, 0.29) is 29.4 Å². The predicted molar refractivity (Wildman–Crippen MR) is 117 cm³/mol. The molecular formula is C20H32F2IN3O. The maximum atomic E-state index is 13.2. The zero-order valence-corrected chi connectivity index (χ0v) is 18.7. The van der Waals surface area contributed by atoms with Gasteiger partial charge < -0.3 is 15.4 Å². The standard InChI is InChI=1S/C20H31F2N3O.HI/c1-3-26-11-9-20(7-4-5-8-20)15-25-19(23-2)24-10-6-16-12-17(21)14-18(22)13-16;/h12-14H,3-11,15H2,1-2H3,(H2,23,24,25);1H. The highest BCUT2D eigenvalue weighted by atomic mass is 127. The van der Waals surface area contributed by atoms with Crippen LogP contribution in [0.5, 0.6) is 0 Å². The molecule has 27 heavy (non-hydrogen) atoms. The van der Waals surface area contributed by atoms with Gasteiger partial charge in [-0.25, -0.2) is 8.78 Å². The molecule has 1 aliphatic rings. The number of guanidine groups is 1. The summed E-state index contributed by atoms with van der Waals surface area (Å²) in [4.78, 5) is 4.26. The van der Waals surface area contributed by atoms with Crippen molar-refractivity contribution in [3.8, 4) is 0 Å². The average Bonchev–Trinajstić information content (AvgIpc) is 3.06. The first-order chi connectivity index (χ1) is 12.6. The molecule has 0 aliphatic heterocycles. The number of nitrogens with one attached hydrogen (secondary N) is 2. The molecule has 0 atom stereocenters. The van der Waals surface area contributed by atoms with Crippen molar-refractivity contribution in [2.24, 2.45) is 10.4 Å². The summed E-state index contributed by atoms with van der Waals surface area (Å²) in [5.74, 6) is -0.357. The van der Waals surface area contributed by atoms with E-state index >= 15 is 0 Å². The number of ether oxygens (including phenoxy) is 1. The van der Waals surface area contributed by atoms with Crippen LogP contribution in [0.2, 0.25) is 0 Å². The van der Waals surface area contributed by atoms with E-state index in [0.29, 0.717) is 18.5 Å². The van der Waals surface area contributed by atoms with E-state index in [4.69, 9.17) is 4.74 Å². The molecule has 0 saturated heterocycles. The Balaban J connectivity index is 0.00000364. The predicted octanol–water partition coefficient (Wildman–Crippen LogP) is 4.28. The molecule has 1 aromatic carbocycles. The van der Waals surface area contributed by atoms with Crippen LogP contribution in [-0.4, -0.2) is 39.3 Å². The number of benzene rings is 1. The monoisotopic (exact) mass is 495 g/mol. The van der Waals surface area contributed by atoms with Gasteiger partial charge in [0.25, 0.3) is 0 Å². The van der Waals surface area contributed by atoms with Gasteiger partial charge in [0.2, 0.25) is 0 Å². The Hall–Kier alpha value is -0.960. The van der Waals surface area contributed by atoms with Crippen molar-refractivity contribution in [2.75, 3.05) is 33.4 Å². The van der Waals surface area contributed by atoms with Crippen molar-refractivity contribution in [2.45, 2.75) is 45.4 Å². The van der Waals surface area contributed by atoms with Crippen LogP contribution in [0.1, 0.15) is 44.6 Å². The minimum atomic E-state index is -0.542. The molecule has 0 radical (unpaired) electrons. The van der Waals surface area contributed by atoms with Crippen LogP contribution in [0.25, 0.3) is 0 Å². The third-order valence-corrected chi connectivity index (χ3v) is 5.13. The second kappa shape index (κ2) is 12.5. The van der Waals surface area contributed by atoms with Crippen molar-refractivity contribution in [3.63, 3.8) is 0 Å². The Morgan fingerprint density at radius 1 is 1.15 bits per heavy atom. The number of nitrogens with zero attached hydrogens (tertiary/aromatic N) is 1. The van der Waals surface area contributed by atoms with Crippen LogP contribution in [0.4, 0.5) is 8.78 Å². The van der Waals surface area contributed by atoms with E-state index in [0.717, 1.165) is 38.2 Å². The van der Waals surface area contributed by atoms with Gasteiger partial charge in [0, 0.05) is 39.4 Å². The Bertz CT molecular complexity index is 572. The molecule has 0 bridgehead atoms. The highest BCUT2D eigenvalue weighted by Crippen LogP contribution is 2.40. The molecule has 0 heterocycles. The zero-order chi connectivity index (χ0) is 18.8. The molecule has 0 amide bonds. The molecule has 2 rings (SSSR count). The fourth-order valence-corrected chi connectivity index (χ4v) is 3.65. The summed E-state index contributed by atoms with van der Waals surface area (Å²) >= 11 is 0. The summed E-state index contributed by atoms with van der Waals surface area (Å²) < 4.78 is 32.0. The highest BCUT2D eigenvalue weighted by molar-refractivity contribution is 14.0. The summed E-state index contributed by atoms with van der Waals surface area (Å²) in [6, 6.07) is 3.62. The molecule has 1 aromatic rings. The van der Waals surface area contributed by atoms with Gasteiger partial charge in [-0.05, 0) is 55.7 Å². The second-order valence-corrected chi connectivity index (χ2v) is 7.03. The number of halogens is 3. The highest BCUT2D eigenvalue weighted by Gasteiger charge is 2.33. The van der Waals surface area contributed by atoms with Crippen molar-refractivity contribution in [1.82, 2.24) is 10.6 Å². The molecule has 154 valence electrons. The van der Waals surface area contributed by atoms with Gasteiger partial charge in [-0.3, -0.25) is 4.99 Å². The van der Waals surface area contributed by atoms with E-state index in [1.165, 1.54) is 37.8 Å². The van der Waals surface area contributed by atoms with Crippen LogP contribution in [0, 0.1) is 17.0 Å². The van der Waals surface area contributed by atoms with Gasteiger partial charge in [0.1, 0.15) is 11.6 Å². The van der Waals surface area contributed by atoms with Gasteiger partial charge in [-0.1, -0.05) is 12.8 Å². The summed E-state index contributed by atoms with van der Waals surface area (Å²) in [6.45, 7) is 5.02. The van der Waals surface area contributed by atoms with Crippen molar-refractivity contribution in [3.05, 3.63) is 35.4 Å². The Labute approximate surface area is 178 Å². The fourth-order valence-electron chi connectivity index (χ4n) is 3.65. The third-order valence-electron chi connectivity index (χ3n) is 5.13. The number of hydrogen-bond donors (Lipinski definition) is 2. The minimum Gasteiger partial charge on any atom is -0.382 e. The number of hydrogen-bond acceptors (Lipinski definition) is 2. The average molecular weight is 495 g/mol. The van der Waals surface area contributed by atoms with Crippen LogP contribution < -0.4 is 10.6 Å². The smallest absolute Gasteiger partial charge is 0.191 e. The molecule has 4 nitrogen and oxygen atoms in total.